The Kier molecular flexibility index (Phi) is 5.54. The first-order valence-electron chi connectivity index (χ1n) is 7.14. The Balaban J connectivity index is 2.20. The van der Waals surface area contributed by atoms with E-state index in [0.717, 1.165) is 26.6 Å². The van der Waals surface area contributed by atoms with Gasteiger partial charge in [-0.15, -0.1) is 10.2 Å². The predicted octanol–water partition coefficient (Wildman–Crippen LogP) is 3.92. The first kappa shape index (κ1) is 17.6. The molecule has 0 saturated carbocycles. The number of thioether (sulfide) groups is 1. The summed E-state index contributed by atoms with van der Waals surface area (Å²) < 4.78 is 0.789. The summed E-state index contributed by atoms with van der Waals surface area (Å²) in [6.07, 6.45) is 0. The molecule has 1 aromatic heterocycles. The number of hydrogen-bond donors (Lipinski definition) is 1. The van der Waals surface area contributed by atoms with Crippen molar-refractivity contribution in [3.8, 4) is 0 Å². The van der Waals surface area contributed by atoms with Gasteiger partial charge in [-0.2, -0.15) is 0 Å². The number of carbonyl (C=O) groups excluding carboxylic acids is 2. The van der Waals surface area contributed by atoms with E-state index < -0.39 is 0 Å². The van der Waals surface area contributed by atoms with E-state index in [4.69, 9.17) is 0 Å². The molecule has 1 heterocycles. The fourth-order valence-electron chi connectivity index (χ4n) is 2.59. The van der Waals surface area contributed by atoms with Crippen LogP contribution in [0.3, 0.4) is 0 Å². The normalized spacial score (nSPS) is 10.7. The molecule has 122 valence electrons. The number of nitrogens with one attached hydrogen (secondary N) is 1. The second-order valence-electron chi connectivity index (χ2n) is 5.39. The topological polar surface area (TPSA) is 72.0 Å². The monoisotopic (exact) mass is 349 g/mol. The van der Waals surface area contributed by atoms with Crippen LogP contribution in [0.25, 0.3) is 0 Å². The van der Waals surface area contributed by atoms with E-state index in [2.05, 4.69) is 28.5 Å². The summed E-state index contributed by atoms with van der Waals surface area (Å²) in [5.41, 5.74) is 5.19. The van der Waals surface area contributed by atoms with Gasteiger partial charge in [0.25, 0.3) is 0 Å². The molecule has 0 fully saturated rings. The molecule has 0 atom stereocenters. The SMILES string of the molecule is CC(=O)Nc1nnc(SCc2c(C)cc(C)c(C(C)=O)c2C)s1. The summed E-state index contributed by atoms with van der Waals surface area (Å²) >= 11 is 2.91. The number of aryl methyl sites for hydroxylation is 2. The number of anilines is 1. The van der Waals surface area contributed by atoms with Gasteiger partial charge in [-0.05, 0) is 49.9 Å². The van der Waals surface area contributed by atoms with Crippen LogP contribution < -0.4 is 5.32 Å². The van der Waals surface area contributed by atoms with Gasteiger partial charge in [0.05, 0.1) is 0 Å². The van der Waals surface area contributed by atoms with Gasteiger partial charge in [-0.3, -0.25) is 9.59 Å². The molecule has 2 rings (SSSR count). The zero-order valence-corrected chi connectivity index (χ0v) is 15.4. The molecule has 0 bridgehead atoms. The standard InChI is InChI=1S/C16H19N3O2S2/c1-8-6-9(2)14(11(4)20)10(3)13(8)7-22-16-19-18-15(23-16)17-12(5)21/h6H,7H2,1-5H3,(H,17,18,21). The quantitative estimate of drug-likeness (QED) is 0.503. The zero-order chi connectivity index (χ0) is 17.1. The molecule has 2 aromatic rings. The number of carbonyl (C=O) groups is 2. The highest BCUT2D eigenvalue weighted by Gasteiger charge is 2.15. The number of aromatic nitrogens is 2. The van der Waals surface area contributed by atoms with Crippen molar-refractivity contribution in [2.45, 2.75) is 44.7 Å². The van der Waals surface area contributed by atoms with Crippen LogP contribution in [0.1, 0.15) is 46.5 Å². The van der Waals surface area contributed by atoms with Gasteiger partial charge >= 0.3 is 0 Å². The van der Waals surface area contributed by atoms with E-state index in [0.29, 0.717) is 10.9 Å². The maximum absolute atomic E-state index is 11.9. The molecule has 0 aliphatic rings. The summed E-state index contributed by atoms with van der Waals surface area (Å²) in [4.78, 5) is 22.9. The molecule has 1 amide bonds. The second kappa shape index (κ2) is 7.23. The highest BCUT2D eigenvalue weighted by Crippen LogP contribution is 2.32. The predicted molar refractivity (Wildman–Crippen MR) is 94.4 cm³/mol. The van der Waals surface area contributed by atoms with E-state index in [1.54, 1.807) is 18.7 Å². The largest absolute Gasteiger partial charge is 0.301 e. The van der Waals surface area contributed by atoms with Crippen molar-refractivity contribution < 1.29 is 9.59 Å². The molecular weight excluding hydrogens is 330 g/mol. The molecule has 0 radical (unpaired) electrons. The molecule has 7 heteroatoms. The molecule has 1 N–H and O–H groups in total. The fourth-order valence-corrected chi connectivity index (χ4v) is 4.58. The van der Waals surface area contributed by atoms with Crippen molar-refractivity contribution in [2.75, 3.05) is 5.32 Å². The summed E-state index contributed by atoms with van der Waals surface area (Å²) in [6, 6.07) is 2.06. The summed E-state index contributed by atoms with van der Waals surface area (Å²) in [6.45, 7) is 9.07. The summed E-state index contributed by atoms with van der Waals surface area (Å²) in [5.74, 6) is 0.650. The molecular formula is C16H19N3O2S2. The number of benzene rings is 1. The Labute approximate surface area is 143 Å². The van der Waals surface area contributed by atoms with Crippen molar-refractivity contribution in [1.82, 2.24) is 10.2 Å². The van der Waals surface area contributed by atoms with Gasteiger partial charge in [0.15, 0.2) is 10.1 Å². The molecule has 0 aliphatic carbocycles. The molecule has 0 spiro atoms. The summed E-state index contributed by atoms with van der Waals surface area (Å²) in [7, 11) is 0. The number of hydrogen-bond acceptors (Lipinski definition) is 6. The number of nitrogens with zero attached hydrogens (tertiary/aromatic N) is 2. The van der Waals surface area contributed by atoms with Gasteiger partial charge in [0.2, 0.25) is 11.0 Å². The molecule has 0 unspecified atom stereocenters. The van der Waals surface area contributed by atoms with Crippen molar-refractivity contribution in [2.24, 2.45) is 0 Å². The van der Waals surface area contributed by atoms with E-state index in [1.165, 1.54) is 23.8 Å². The van der Waals surface area contributed by atoms with Crippen LogP contribution in [0.15, 0.2) is 10.4 Å². The first-order valence-corrected chi connectivity index (χ1v) is 8.94. The molecule has 0 aliphatic heterocycles. The lowest BCUT2D eigenvalue weighted by atomic mass is 9.92. The maximum Gasteiger partial charge on any atom is 0.223 e. The van der Waals surface area contributed by atoms with Crippen LogP contribution in [0, 0.1) is 20.8 Å². The Morgan fingerprint density at radius 2 is 1.87 bits per heavy atom. The van der Waals surface area contributed by atoms with E-state index in [-0.39, 0.29) is 11.7 Å². The highest BCUT2D eigenvalue weighted by atomic mass is 32.2. The minimum Gasteiger partial charge on any atom is -0.301 e. The average Bonchev–Trinajstić information content (AvgIpc) is 2.84. The van der Waals surface area contributed by atoms with Crippen molar-refractivity contribution in [3.05, 3.63) is 33.9 Å². The third kappa shape index (κ3) is 4.17. The Morgan fingerprint density at radius 1 is 1.17 bits per heavy atom. The van der Waals surface area contributed by atoms with Crippen LogP contribution in [0.4, 0.5) is 5.13 Å². The highest BCUT2D eigenvalue weighted by molar-refractivity contribution is 8.00. The van der Waals surface area contributed by atoms with Gasteiger partial charge in [0, 0.05) is 18.2 Å². The van der Waals surface area contributed by atoms with E-state index in [1.807, 2.05) is 13.8 Å². The number of ketones is 1. The molecule has 0 saturated heterocycles. The Morgan fingerprint density at radius 3 is 2.48 bits per heavy atom. The lowest BCUT2D eigenvalue weighted by molar-refractivity contribution is -0.114. The maximum atomic E-state index is 11.9. The third-order valence-corrected chi connectivity index (χ3v) is 5.51. The Hall–Kier alpha value is -1.73. The van der Waals surface area contributed by atoms with E-state index in [9.17, 15) is 9.59 Å². The number of amides is 1. The second-order valence-corrected chi connectivity index (χ2v) is 7.59. The number of rotatable bonds is 5. The van der Waals surface area contributed by atoms with Crippen LogP contribution in [-0.2, 0) is 10.5 Å². The average molecular weight is 349 g/mol. The zero-order valence-electron chi connectivity index (χ0n) is 13.8. The van der Waals surface area contributed by atoms with Crippen molar-refractivity contribution in [1.29, 1.82) is 0 Å². The van der Waals surface area contributed by atoms with Gasteiger partial charge in [0.1, 0.15) is 0 Å². The number of Topliss-reactive ketones (excluding diaryl/α,β-unsaturated/α-hetero) is 1. The minimum atomic E-state index is -0.158. The van der Waals surface area contributed by atoms with Gasteiger partial charge < -0.3 is 5.32 Å². The van der Waals surface area contributed by atoms with Gasteiger partial charge in [-0.1, -0.05) is 29.2 Å². The fraction of sp³-hybridized carbons (Fsp3) is 0.375. The van der Waals surface area contributed by atoms with Crippen molar-refractivity contribution in [3.63, 3.8) is 0 Å². The summed E-state index contributed by atoms with van der Waals surface area (Å²) in [5, 5.41) is 11.1. The molecule has 5 nitrogen and oxygen atoms in total. The van der Waals surface area contributed by atoms with Crippen molar-refractivity contribution >= 4 is 39.9 Å². The van der Waals surface area contributed by atoms with Crippen LogP contribution in [0.5, 0.6) is 0 Å². The lowest BCUT2D eigenvalue weighted by Crippen LogP contribution is -2.05. The lowest BCUT2D eigenvalue weighted by Gasteiger charge is -2.15. The Bertz CT molecular complexity index is 769. The first-order chi connectivity index (χ1) is 10.8. The van der Waals surface area contributed by atoms with Crippen LogP contribution >= 0.6 is 23.1 Å². The van der Waals surface area contributed by atoms with Gasteiger partial charge in [-0.25, -0.2) is 0 Å². The molecule has 23 heavy (non-hydrogen) atoms. The van der Waals surface area contributed by atoms with Crippen LogP contribution in [0.2, 0.25) is 0 Å². The smallest absolute Gasteiger partial charge is 0.223 e. The molecule has 1 aromatic carbocycles. The van der Waals surface area contributed by atoms with Crippen LogP contribution in [-0.4, -0.2) is 21.9 Å². The third-order valence-electron chi connectivity index (χ3n) is 3.51. The van der Waals surface area contributed by atoms with E-state index >= 15 is 0 Å². The minimum absolute atomic E-state index is 0.0927.